The number of benzene rings is 4. The second-order valence-electron chi connectivity index (χ2n) is 13.9. The van der Waals surface area contributed by atoms with Gasteiger partial charge in [-0.15, -0.1) is 0 Å². The molecule has 4 aromatic carbocycles. The number of amides is 5. The molecule has 2 saturated heterocycles. The molecule has 0 spiro atoms. The van der Waals surface area contributed by atoms with Crippen LogP contribution in [0.4, 0.5) is 14.9 Å². The molecule has 3 fully saturated rings. The number of ether oxygens (including phenoxy) is 2. The highest BCUT2D eigenvalue weighted by atomic mass is 35.5. The van der Waals surface area contributed by atoms with E-state index >= 15 is 4.79 Å². The van der Waals surface area contributed by atoms with E-state index in [9.17, 15) is 28.7 Å². The average molecular weight is 750 g/mol. The van der Waals surface area contributed by atoms with Gasteiger partial charge in [-0.25, -0.2) is 9.18 Å². The normalized spacial score (nSPS) is 25.8. The van der Waals surface area contributed by atoms with Crippen molar-refractivity contribution in [2.75, 3.05) is 12.5 Å². The van der Waals surface area contributed by atoms with Crippen molar-refractivity contribution in [1.82, 2.24) is 9.91 Å². The van der Waals surface area contributed by atoms with Gasteiger partial charge in [0.1, 0.15) is 23.9 Å². The van der Waals surface area contributed by atoms with Gasteiger partial charge >= 0.3 is 6.09 Å². The van der Waals surface area contributed by atoms with Crippen LogP contribution in [0.25, 0.3) is 0 Å². The Morgan fingerprint density at radius 1 is 0.926 bits per heavy atom. The maximum absolute atomic E-state index is 15.3. The average Bonchev–Trinajstić information content (AvgIpc) is 3.56. The fourth-order valence-corrected chi connectivity index (χ4v) is 9.00. The number of aromatic hydroxyl groups is 1. The summed E-state index contributed by atoms with van der Waals surface area (Å²) in [5.74, 6) is -8.06. The number of imide groups is 4. The monoisotopic (exact) mass is 749 g/mol. The van der Waals surface area contributed by atoms with Crippen molar-refractivity contribution >= 4 is 47.0 Å². The fraction of sp³-hybridized carbons (Fsp3) is 0.244. The molecule has 4 aromatic rings. The van der Waals surface area contributed by atoms with Crippen LogP contribution in [0.3, 0.4) is 0 Å². The Morgan fingerprint density at radius 2 is 1.65 bits per heavy atom. The number of phenolic OH excluding ortho intramolecular Hbond substituents is 1. The lowest BCUT2D eigenvalue weighted by Gasteiger charge is -2.50. The van der Waals surface area contributed by atoms with E-state index in [2.05, 4.69) is 5.43 Å². The number of allylic oxidation sites excluding steroid dienone is 2. The molecule has 274 valence electrons. The number of nitrogens with one attached hydrogen (secondary N) is 1. The maximum Gasteiger partial charge on any atom is 0.423 e. The molecule has 8 rings (SSSR count). The first-order valence-electron chi connectivity index (χ1n) is 17.4. The van der Waals surface area contributed by atoms with Crippen molar-refractivity contribution in [1.29, 1.82) is 0 Å². The van der Waals surface area contributed by atoms with Crippen LogP contribution < -0.4 is 10.2 Å². The minimum Gasteiger partial charge on any atom is -0.508 e. The Morgan fingerprint density at radius 3 is 2.33 bits per heavy atom. The van der Waals surface area contributed by atoms with Crippen molar-refractivity contribution < 1.29 is 42.9 Å². The largest absolute Gasteiger partial charge is 0.508 e. The van der Waals surface area contributed by atoms with Crippen LogP contribution in [0.1, 0.15) is 35.4 Å². The third-order valence-corrected chi connectivity index (χ3v) is 11.4. The predicted molar refractivity (Wildman–Crippen MR) is 192 cm³/mol. The van der Waals surface area contributed by atoms with Gasteiger partial charge in [-0.2, -0.15) is 9.91 Å². The zero-order valence-electron chi connectivity index (χ0n) is 28.8. The minimum atomic E-state index is -1.71. The topological polar surface area (TPSA) is 143 Å². The molecule has 5 amide bonds. The van der Waals surface area contributed by atoms with Crippen molar-refractivity contribution in [2.24, 2.45) is 23.7 Å². The number of fused-ring (bicyclic) bond motifs is 4. The molecule has 6 atom stereocenters. The Kier molecular flexibility index (Phi) is 8.72. The first-order valence-corrected chi connectivity index (χ1v) is 17.7. The van der Waals surface area contributed by atoms with Crippen LogP contribution in [0.2, 0.25) is 5.02 Å². The molecule has 11 nitrogen and oxygen atoms in total. The minimum absolute atomic E-state index is 0.0502. The van der Waals surface area contributed by atoms with Crippen LogP contribution >= 0.6 is 11.6 Å². The summed E-state index contributed by atoms with van der Waals surface area (Å²) in [5, 5.41) is 13.2. The molecule has 1 saturated carbocycles. The van der Waals surface area contributed by atoms with E-state index in [1.165, 1.54) is 30.3 Å². The Hall–Kier alpha value is -6.01. The lowest BCUT2D eigenvalue weighted by atomic mass is 9.49. The lowest BCUT2D eigenvalue weighted by molar-refractivity contribution is -0.140. The number of anilines is 1. The first kappa shape index (κ1) is 35.0. The van der Waals surface area contributed by atoms with E-state index < -0.39 is 70.5 Å². The quantitative estimate of drug-likeness (QED) is 0.160. The van der Waals surface area contributed by atoms with Crippen LogP contribution in [0, 0.1) is 29.5 Å². The van der Waals surface area contributed by atoms with E-state index in [1.807, 2.05) is 30.3 Å². The molecule has 2 aliphatic heterocycles. The van der Waals surface area contributed by atoms with E-state index in [4.69, 9.17) is 21.1 Å². The molecule has 54 heavy (non-hydrogen) atoms. The number of hydrogen-bond donors (Lipinski definition) is 2. The smallest absolute Gasteiger partial charge is 0.423 e. The van der Waals surface area contributed by atoms with Crippen molar-refractivity contribution in [2.45, 2.75) is 30.8 Å². The van der Waals surface area contributed by atoms with Gasteiger partial charge in [0.05, 0.1) is 36.0 Å². The van der Waals surface area contributed by atoms with E-state index in [0.29, 0.717) is 26.8 Å². The highest BCUT2D eigenvalue weighted by molar-refractivity contribution is 6.30. The highest BCUT2D eigenvalue weighted by Gasteiger charge is 2.71. The lowest BCUT2D eigenvalue weighted by Crippen LogP contribution is -2.53. The molecule has 0 unspecified atom stereocenters. The molecule has 0 aromatic heterocycles. The van der Waals surface area contributed by atoms with Gasteiger partial charge in [0.25, 0.3) is 11.8 Å². The van der Waals surface area contributed by atoms with Crippen LogP contribution in [-0.2, 0) is 35.9 Å². The summed E-state index contributed by atoms with van der Waals surface area (Å²) < 4.78 is 24.7. The molecular formula is C41H33ClFN3O8. The van der Waals surface area contributed by atoms with Gasteiger partial charge in [-0.3, -0.25) is 24.6 Å². The third-order valence-electron chi connectivity index (χ3n) is 11.2. The van der Waals surface area contributed by atoms with Crippen LogP contribution in [0.5, 0.6) is 11.5 Å². The molecule has 2 aliphatic carbocycles. The number of carbonyl (C=O) groups excluding carboxylic acids is 5. The van der Waals surface area contributed by atoms with Crippen LogP contribution in [-0.4, -0.2) is 51.8 Å². The first-order chi connectivity index (χ1) is 26.0. The van der Waals surface area contributed by atoms with Gasteiger partial charge in [0, 0.05) is 22.6 Å². The molecule has 4 aliphatic rings. The summed E-state index contributed by atoms with van der Waals surface area (Å²) in [6, 6.07) is 25.9. The van der Waals surface area contributed by atoms with Gasteiger partial charge in [0.2, 0.25) is 11.8 Å². The van der Waals surface area contributed by atoms with E-state index in [0.717, 1.165) is 17.7 Å². The van der Waals surface area contributed by atoms with Gasteiger partial charge in [-0.1, -0.05) is 71.8 Å². The Bertz CT molecular complexity index is 2230. The second-order valence-corrected chi connectivity index (χ2v) is 14.3. The molecule has 13 heteroatoms. The number of halogens is 2. The number of carbonyl (C=O) groups is 5. The molecule has 2 N–H and O–H groups in total. The summed E-state index contributed by atoms with van der Waals surface area (Å²) in [6.45, 7) is 0.222. The number of rotatable bonds is 7. The third kappa shape index (κ3) is 5.43. The summed E-state index contributed by atoms with van der Waals surface area (Å²) in [7, 11) is 1.08. The van der Waals surface area contributed by atoms with Gasteiger partial charge in [0.15, 0.2) is 0 Å². The standard InChI is InChI=1S/C41H33ClFN3O8/c1-53-40(52)45-36(48)30-18-17-28-31(34(30)38(45)50)20-32-37(49)46(44-26-13-11-25(43)12-14-26)39(51)41(32,23-7-9-24(42)10-8-23)35(28)29-16-15-27(19-33(29)47)54-21-22-5-3-2-4-6-22/h2-17,19,30-32,34-35,44,47H,18,20-21H2,1H3/t30-,31+,32-,34-,35+,41+/m0/s1. The second kappa shape index (κ2) is 13.4. The number of nitrogens with zero attached hydrogens (tertiary/aromatic N) is 2. The summed E-state index contributed by atoms with van der Waals surface area (Å²) in [5.41, 5.74) is 3.62. The summed E-state index contributed by atoms with van der Waals surface area (Å²) in [6.07, 6.45) is 0.703. The SMILES string of the molecule is COC(=O)N1C(=O)[C@H]2[C@H](CC=C3[C@H]2C[C@H]2C(=O)N(Nc4ccc(F)cc4)C(=O)[C@@]2(c2ccc(Cl)cc2)[C@H]3c2ccc(OCc3ccccc3)cc2O)C1=O. The predicted octanol–water partition coefficient (Wildman–Crippen LogP) is 6.52. The number of hydrogen-bond acceptors (Lipinski definition) is 9. The van der Waals surface area contributed by atoms with Crippen molar-refractivity contribution in [3.63, 3.8) is 0 Å². The zero-order valence-corrected chi connectivity index (χ0v) is 29.5. The fourth-order valence-electron chi connectivity index (χ4n) is 8.87. The summed E-state index contributed by atoms with van der Waals surface area (Å²) in [4.78, 5) is 70.7. The van der Waals surface area contributed by atoms with E-state index in [-0.39, 0.29) is 36.4 Å². The summed E-state index contributed by atoms with van der Waals surface area (Å²) >= 11 is 6.35. The highest BCUT2D eigenvalue weighted by Crippen LogP contribution is 2.65. The van der Waals surface area contributed by atoms with Crippen LogP contribution in [0.15, 0.2) is 109 Å². The molecule has 0 radical (unpaired) electrons. The number of likely N-dealkylation sites (tertiary alicyclic amines) is 1. The molecule has 2 heterocycles. The Balaban J connectivity index is 1.30. The number of phenols is 1. The van der Waals surface area contributed by atoms with Crippen molar-refractivity contribution in [3.05, 3.63) is 136 Å². The zero-order chi connectivity index (χ0) is 37.9. The van der Waals surface area contributed by atoms with Gasteiger partial charge < -0.3 is 14.6 Å². The number of hydrazine groups is 1. The van der Waals surface area contributed by atoms with E-state index in [1.54, 1.807) is 42.5 Å². The molecular weight excluding hydrogens is 717 g/mol. The molecule has 0 bridgehead atoms. The van der Waals surface area contributed by atoms with Gasteiger partial charge in [-0.05, 0) is 72.4 Å². The van der Waals surface area contributed by atoms with Crippen molar-refractivity contribution in [3.8, 4) is 11.5 Å². The Labute approximate surface area is 313 Å². The maximum atomic E-state index is 15.3. The number of methoxy groups -OCH3 is 1.